The molecular formula is C17H17F3N4O2. The highest BCUT2D eigenvalue weighted by Gasteiger charge is 2.30. The molecule has 1 heterocycles. The van der Waals surface area contributed by atoms with Crippen LogP contribution in [0.15, 0.2) is 36.0 Å². The molecule has 0 aromatic heterocycles. The second-order valence-corrected chi connectivity index (χ2v) is 5.69. The van der Waals surface area contributed by atoms with Crippen molar-refractivity contribution in [2.24, 2.45) is 0 Å². The van der Waals surface area contributed by atoms with E-state index in [1.54, 1.807) is 11.0 Å². The second-order valence-electron chi connectivity index (χ2n) is 5.69. The Morgan fingerprint density at radius 2 is 1.65 bits per heavy atom. The molecule has 0 saturated carbocycles. The highest BCUT2D eigenvalue weighted by molar-refractivity contribution is 5.97. The number of hydrogen-bond acceptors (Lipinski definition) is 4. The number of hydrogen-bond donors (Lipinski definition) is 1. The lowest BCUT2D eigenvalue weighted by molar-refractivity contribution is -0.137. The average Bonchev–Trinajstić information content (AvgIpc) is 2.61. The molecule has 1 saturated heterocycles. The Morgan fingerprint density at radius 3 is 2.12 bits per heavy atom. The largest absolute Gasteiger partial charge is 0.416 e. The molecule has 1 aromatic carbocycles. The Labute approximate surface area is 148 Å². The Morgan fingerprint density at radius 1 is 1.12 bits per heavy atom. The van der Waals surface area contributed by atoms with Gasteiger partial charge in [-0.15, -0.1) is 0 Å². The van der Waals surface area contributed by atoms with Gasteiger partial charge in [0.15, 0.2) is 0 Å². The maximum Gasteiger partial charge on any atom is 0.416 e. The standard InChI is InChI=1S/C17H17F3N4O2/c1-12(25)23-6-8-24(9-7-23)16(26)13(10-21)11-22-15-4-2-14(3-5-15)17(18,19)20/h2-5,11,22H,6-9H2,1H3/b13-11-. The molecule has 0 aliphatic carbocycles. The van der Waals surface area contributed by atoms with E-state index in [2.05, 4.69) is 5.32 Å². The number of piperazine rings is 1. The average molecular weight is 366 g/mol. The molecule has 138 valence electrons. The highest BCUT2D eigenvalue weighted by atomic mass is 19.4. The summed E-state index contributed by atoms with van der Waals surface area (Å²) in [7, 11) is 0. The first-order chi connectivity index (χ1) is 12.2. The van der Waals surface area contributed by atoms with Crippen molar-refractivity contribution in [3.05, 3.63) is 41.6 Å². The molecule has 1 aromatic rings. The molecule has 9 heteroatoms. The summed E-state index contributed by atoms with van der Waals surface area (Å²) in [5.74, 6) is -0.563. The molecule has 0 bridgehead atoms. The summed E-state index contributed by atoms with van der Waals surface area (Å²) >= 11 is 0. The summed E-state index contributed by atoms with van der Waals surface area (Å²) in [5, 5.41) is 11.8. The van der Waals surface area contributed by atoms with Crippen molar-refractivity contribution in [1.29, 1.82) is 5.26 Å². The van der Waals surface area contributed by atoms with E-state index in [1.165, 1.54) is 30.2 Å². The second kappa shape index (κ2) is 7.91. The summed E-state index contributed by atoms with van der Waals surface area (Å²) in [4.78, 5) is 26.7. The number of anilines is 1. The molecule has 0 atom stereocenters. The summed E-state index contributed by atoms with van der Waals surface area (Å²) in [6.45, 7) is 2.87. The number of amides is 2. The van der Waals surface area contributed by atoms with Gasteiger partial charge in [0.2, 0.25) is 5.91 Å². The molecule has 0 unspecified atom stereocenters. The van der Waals surface area contributed by atoms with Crippen LogP contribution < -0.4 is 5.32 Å². The third-order valence-electron chi connectivity index (χ3n) is 3.96. The van der Waals surface area contributed by atoms with Crippen LogP contribution >= 0.6 is 0 Å². The van der Waals surface area contributed by atoms with Crippen molar-refractivity contribution in [3.8, 4) is 6.07 Å². The van der Waals surface area contributed by atoms with Gasteiger partial charge in [-0.1, -0.05) is 0 Å². The number of benzene rings is 1. The molecule has 0 spiro atoms. The number of nitrogens with one attached hydrogen (secondary N) is 1. The molecule has 1 aliphatic rings. The first-order valence-corrected chi connectivity index (χ1v) is 7.81. The van der Waals surface area contributed by atoms with E-state index < -0.39 is 17.6 Å². The fourth-order valence-electron chi connectivity index (χ4n) is 2.45. The summed E-state index contributed by atoms with van der Waals surface area (Å²) in [6, 6.07) is 6.03. The van der Waals surface area contributed by atoms with Gasteiger partial charge in [-0.25, -0.2) is 0 Å². The third-order valence-corrected chi connectivity index (χ3v) is 3.96. The van der Waals surface area contributed by atoms with E-state index in [0.29, 0.717) is 31.9 Å². The molecule has 6 nitrogen and oxygen atoms in total. The molecule has 0 radical (unpaired) electrons. The fraction of sp³-hybridized carbons (Fsp3) is 0.353. The summed E-state index contributed by atoms with van der Waals surface area (Å²) < 4.78 is 37.6. The van der Waals surface area contributed by atoms with Gasteiger partial charge < -0.3 is 15.1 Å². The zero-order valence-corrected chi connectivity index (χ0v) is 14.0. The predicted molar refractivity (Wildman–Crippen MR) is 87.6 cm³/mol. The first-order valence-electron chi connectivity index (χ1n) is 7.81. The van der Waals surface area contributed by atoms with Crippen molar-refractivity contribution < 1.29 is 22.8 Å². The zero-order valence-electron chi connectivity index (χ0n) is 14.0. The quantitative estimate of drug-likeness (QED) is 0.657. The van der Waals surface area contributed by atoms with Crippen LogP contribution in [0.2, 0.25) is 0 Å². The third kappa shape index (κ3) is 4.75. The Kier molecular flexibility index (Phi) is 5.87. The summed E-state index contributed by atoms with van der Waals surface area (Å²) in [6.07, 6.45) is -3.26. The SMILES string of the molecule is CC(=O)N1CCN(C(=O)/C(C#N)=C\Nc2ccc(C(F)(F)F)cc2)CC1. The van der Waals surface area contributed by atoms with E-state index in [4.69, 9.17) is 0 Å². The van der Waals surface area contributed by atoms with Gasteiger partial charge in [0, 0.05) is 45.0 Å². The van der Waals surface area contributed by atoms with Gasteiger partial charge >= 0.3 is 6.18 Å². The van der Waals surface area contributed by atoms with Crippen LogP contribution in [-0.2, 0) is 15.8 Å². The lowest BCUT2D eigenvalue weighted by Gasteiger charge is -2.34. The van der Waals surface area contributed by atoms with Gasteiger partial charge in [-0.05, 0) is 24.3 Å². The van der Waals surface area contributed by atoms with E-state index in [9.17, 15) is 28.0 Å². The lowest BCUT2D eigenvalue weighted by atomic mass is 10.2. The summed E-state index contributed by atoms with van der Waals surface area (Å²) in [5.41, 5.74) is -0.631. The van der Waals surface area contributed by atoms with Crippen LogP contribution in [0, 0.1) is 11.3 Å². The minimum atomic E-state index is -4.43. The van der Waals surface area contributed by atoms with E-state index in [1.807, 2.05) is 0 Å². The Balaban J connectivity index is 2.00. The number of halogens is 3. The maximum atomic E-state index is 12.5. The van der Waals surface area contributed by atoms with Gasteiger partial charge in [0.25, 0.3) is 5.91 Å². The molecule has 2 amide bonds. The van der Waals surface area contributed by atoms with Gasteiger partial charge in [-0.2, -0.15) is 18.4 Å². The van der Waals surface area contributed by atoms with Gasteiger partial charge in [-0.3, -0.25) is 9.59 Å². The van der Waals surface area contributed by atoms with Gasteiger partial charge in [0.1, 0.15) is 11.6 Å². The van der Waals surface area contributed by atoms with Crippen LogP contribution in [-0.4, -0.2) is 47.8 Å². The lowest BCUT2D eigenvalue weighted by Crippen LogP contribution is -2.50. The number of rotatable bonds is 3. The number of alkyl halides is 3. The van der Waals surface area contributed by atoms with E-state index >= 15 is 0 Å². The van der Waals surface area contributed by atoms with Crippen LogP contribution in [0.1, 0.15) is 12.5 Å². The zero-order chi connectivity index (χ0) is 19.3. The fourth-order valence-corrected chi connectivity index (χ4v) is 2.45. The smallest absolute Gasteiger partial charge is 0.360 e. The molecule has 1 N–H and O–H groups in total. The van der Waals surface area contributed by atoms with Crippen molar-refractivity contribution in [1.82, 2.24) is 9.80 Å². The maximum absolute atomic E-state index is 12.5. The van der Waals surface area contributed by atoms with Gasteiger partial charge in [0.05, 0.1) is 5.56 Å². The van der Waals surface area contributed by atoms with E-state index in [-0.39, 0.29) is 11.5 Å². The van der Waals surface area contributed by atoms with Crippen molar-refractivity contribution in [2.45, 2.75) is 13.1 Å². The van der Waals surface area contributed by atoms with E-state index in [0.717, 1.165) is 12.1 Å². The van der Waals surface area contributed by atoms with Crippen LogP contribution in [0.25, 0.3) is 0 Å². The number of nitriles is 1. The molecule has 1 aliphatic heterocycles. The number of nitrogens with zero attached hydrogens (tertiary/aromatic N) is 3. The Bertz CT molecular complexity index is 743. The minimum Gasteiger partial charge on any atom is -0.360 e. The van der Waals surface area contributed by atoms with Crippen LogP contribution in [0.3, 0.4) is 0 Å². The number of carbonyl (C=O) groups is 2. The Hall–Kier alpha value is -3.02. The van der Waals surface area contributed by atoms with Crippen molar-refractivity contribution >= 4 is 17.5 Å². The normalized spacial score (nSPS) is 15.4. The molecular weight excluding hydrogens is 349 g/mol. The molecule has 1 fully saturated rings. The topological polar surface area (TPSA) is 76.4 Å². The highest BCUT2D eigenvalue weighted by Crippen LogP contribution is 2.29. The molecule has 2 rings (SSSR count). The monoisotopic (exact) mass is 366 g/mol. The van der Waals surface area contributed by atoms with Crippen molar-refractivity contribution in [3.63, 3.8) is 0 Å². The minimum absolute atomic E-state index is 0.0721. The molecule has 26 heavy (non-hydrogen) atoms. The van der Waals surface area contributed by atoms with Crippen molar-refractivity contribution in [2.75, 3.05) is 31.5 Å². The first kappa shape index (κ1) is 19.3. The van der Waals surface area contributed by atoms with Crippen LogP contribution in [0.5, 0.6) is 0 Å². The predicted octanol–water partition coefficient (Wildman–Crippen LogP) is 2.22. The number of carbonyl (C=O) groups excluding carboxylic acids is 2. The van der Waals surface area contributed by atoms with Crippen LogP contribution in [0.4, 0.5) is 18.9 Å².